The first-order chi connectivity index (χ1) is 8.10. The lowest BCUT2D eigenvalue weighted by Gasteiger charge is -2.20. The number of likely N-dealkylation sites (N-methyl/N-ethyl adjacent to an activating group) is 1. The summed E-state index contributed by atoms with van der Waals surface area (Å²) in [7, 11) is 3.34. The number of hydrogen-bond acceptors (Lipinski definition) is 2. The number of nitrogens with one attached hydrogen (secondary N) is 1. The van der Waals surface area contributed by atoms with E-state index in [0.29, 0.717) is 6.41 Å². The van der Waals surface area contributed by atoms with Crippen molar-refractivity contribution < 1.29 is 9.59 Å². The van der Waals surface area contributed by atoms with Gasteiger partial charge >= 0.3 is 0 Å². The Labute approximate surface area is 102 Å². The highest BCUT2D eigenvalue weighted by Crippen LogP contribution is 2.15. The van der Waals surface area contributed by atoms with E-state index in [4.69, 9.17) is 0 Å². The van der Waals surface area contributed by atoms with Gasteiger partial charge in [0.15, 0.2) is 0 Å². The van der Waals surface area contributed by atoms with E-state index in [-0.39, 0.29) is 5.91 Å². The molecule has 0 aromatic heterocycles. The molecule has 1 aromatic rings. The summed E-state index contributed by atoms with van der Waals surface area (Å²) < 4.78 is 0. The van der Waals surface area contributed by atoms with Crippen LogP contribution in [-0.2, 0) is 16.0 Å². The molecule has 0 saturated carbocycles. The smallest absolute Gasteiger partial charge is 0.249 e. The minimum atomic E-state index is -0.603. The number of amides is 2. The zero-order valence-electron chi connectivity index (χ0n) is 10.4. The lowest BCUT2D eigenvalue weighted by atomic mass is 10.0. The minimum Gasteiger partial charge on any atom is -0.347 e. The molecule has 0 heterocycles. The van der Waals surface area contributed by atoms with Gasteiger partial charge in [-0.2, -0.15) is 0 Å². The van der Waals surface area contributed by atoms with E-state index in [1.165, 1.54) is 10.5 Å². The molecule has 0 saturated heterocycles. The van der Waals surface area contributed by atoms with E-state index in [2.05, 4.69) is 12.2 Å². The molecular formula is C13H18N2O2. The van der Waals surface area contributed by atoms with Crippen molar-refractivity contribution in [3.8, 4) is 0 Å². The third-order valence-electron chi connectivity index (χ3n) is 2.64. The van der Waals surface area contributed by atoms with Gasteiger partial charge in [0.1, 0.15) is 6.04 Å². The van der Waals surface area contributed by atoms with Gasteiger partial charge in [0, 0.05) is 14.1 Å². The van der Waals surface area contributed by atoms with Gasteiger partial charge in [-0.3, -0.25) is 9.59 Å². The predicted molar refractivity (Wildman–Crippen MR) is 66.5 cm³/mol. The fraction of sp³-hybridized carbons (Fsp3) is 0.385. The summed E-state index contributed by atoms with van der Waals surface area (Å²) in [6.45, 7) is 2.07. The molecule has 92 valence electrons. The van der Waals surface area contributed by atoms with Crippen LogP contribution in [0.15, 0.2) is 24.3 Å². The largest absolute Gasteiger partial charge is 0.347 e. The van der Waals surface area contributed by atoms with Crippen LogP contribution in [0.1, 0.15) is 24.1 Å². The van der Waals surface area contributed by atoms with Gasteiger partial charge in [-0.1, -0.05) is 31.2 Å². The minimum absolute atomic E-state index is 0.138. The molecule has 1 rings (SSSR count). The Bertz CT molecular complexity index is 385. The highest BCUT2D eigenvalue weighted by molar-refractivity contribution is 5.84. The van der Waals surface area contributed by atoms with Gasteiger partial charge in [-0.25, -0.2) is 0 Å². The van der Waals surface area contributed by atoms with E-state index in [1.807, 2.05) is 24.3 Å². The third-order valence-corrected chi connectivity index (χ3v) is 2.64. The van der Waals surface area contributed by atoms with Crippen LogP contribution in [0.4, 0.5) is 0 Å². The topological polar surface area (TPSA) is 49.4 Å². The Morgan fingerprint density at radius 2 is 1.94 bits per heavy atom. The van der Waals surface area contributed by atoms with Gasteiger partial charge in [0.25, 0.3) is 0 Å². The van der Waals surface area contributed by atoms with Crippen LogP contribution >= 0.6 is 0 Å². The molecule has 0 bridgehead atoms. The summed E-state index contributed by atoms with van der Waals surface area (Å²) in [5.41, 5.74) is 2.00. The first-order valence-electron chi connectivity index (χ1n) is 5.59. The summed E-state index contributed by atoms with van der Waals surface area (Å²) in [6.07, 6.45) is 1.51. The van der Waals surface area contributed by atoms with Crippen LogP contribution in [0.5, 0.6) is 0 Å². The number of nitrogens with zero attached hydrogens (tertiary/aromatic N) is 1. The van der Waals surface area contributed by atoms with E-state index < -0.39 is 6.04 Å². The van der Waals surface area contributed by atoms with Gasteiger partial charge < -0.3 is 10.2 Å². The highest BCUT2D eigenvalue weighted by atomic mass is 16.2. The molecule has 1 atom stereocenters. The SMILES string of the molecule is CCc1ccc(C(NC=O)C(=O)N(C)C)cc1. The van der Waals surface area contributed by atoms with Crippen LogP contribution < -0.4 is 5.32 Å². The lowest BCUT2D eigenvalue weighted by Crippen LogP contribution is -2.36. The first kappa shape index (κ1) is 13.2. The van der Waals surface area contributed by atoms with Gasteiger partial charge in [0.2, 0.25) is 12.3 Å². The van der Waals surface area contributed by atoms with Crippen LogP contribution in [0.2, 0.25) is 0 Å². The van der Waals surface area contributed by atoms with Crippen molar-refractivity contribution >= 4 is 12.3 Å². The fourth-order valence-electron chi connectivity index (χ4n) is 1.58. The summed E-state index contributed by atoms with van der Waals surface area (Å²) in [5, 5.41) is 2.55. The van der Waals surface area contributed by atoms with Crippen molar-refractivity contribution in [2.45, 2.75) is 19.4 Å². The normalized spacial score (nSPS) is 11.7. The Morgan fingerprint density at radius 1 is 1.35 bits per heavy atom. The Balaban J connectivity index is 2.96. The molecule has 17 heavy (non-hydrogen) atoms. The highest BCUT2D eigenvalue weighted by Gasteiger charge is 2.21. The van der Waals surface area contributed by atoms with Crippen molar-refractivity contribution in [2.75, 3.05) is 14.1 Å². The summed E-state index contributed by atoms with van der Waals surface area (Å²) in [6, 6.07) is 7.09. The molecule has 0 aliphatic rings. The molecule has 0 spiro atoms. The molecular weight excluding hydrogens is 216 g/mol. The molecule has 0 radical (unpaired) electrons. The van der Waals surface area contributed by atoms with Gasteiger partial charge in [0.05, 0.1) is 0 Å². The molecule has 0 aliphatic heterocycles. The van der Waals surface area contributed by atoms with Crippen molar-refractivity contribution in [1.29, 1.82) is 0 Å². The molecule has 1 aromatic carbocycles. The van der Waals surface area contributed by atoms with Crippen molar-refractivity contribution in [3.63, 3.8) is 0 Å². The van der Waals surface area contributed by atoms with E-state index >= 15 is 0 Å². The number of rotatable bonds is 5. The second kappa shape index (κ2) is 6.03. The Morgan fingerprint density at radius 3 is 2.35 bits per heavy atom. The standard InChI is InChI=1S/C13H18N2O2/c1-4-10-5-7-11(8-6-10)12(14-9-16)13(17)15(2)3/h5-9,12H,4H2,1-3H3,(H,14,16). The molecule has 1 N–H and O–H groups in total. The summed E-state index contributed by atoms with van der Waals surface area (Å²) >= 11 is 0. The van der Waals surface area contributed by atoms with Crippen LogP contribution in [0, 0.1) is 0 Å². The molecule has 4 nitrogen and oxygen atoms in total. The number of carbonyl (C=O) groups is 2. The molecule has 4 heteroatoms. The third kappa shape index (κ3) is 3.31. The monoisotopic (exact) mass is 234 g/mol. The second-order valence-electron chi connectivity index (χ2n) is 4.05. The predicted octanol–water partition coefficient (Wildman–Crippen LogP) is 1.12. The Hall–Kier alpha value is -1.84. The number of aryl methyl sites for hydroxylation is 1. The zero-order valence-corrected chi connectivity index (χ0v) is 10.4. The van der Waals surface area contributed by atoms with Crippen LogP contribution in [0.3, 0.4) is 0 Å². The average Bonchev–Trinajstić information content (AvgIpc) is 2.35. The number of carbonyl (C=O) groups excluding carboxylic acids is 2. The maximum Gasteiger partial charge on any atom is 0.249 e. The van der Waals surface area contributed by atoms with Gasteiger partial charge in [-0.15, -0.1) is 0 Å². The molecule has 0 aliphatic carbocycles. The van der Waals surface area contributed by atoms with E-state index in [0.717, 1.165) is 12.0 Å². The Kier molecular flexibility index (Phi) is 4.69. The molecule has 1 unspecified atom stereocenters. The van der Waals surface area contributed by atoms with Crippen LogP contribution in [0.25, 0.3) is 0 Å². The molecule has 0 fully saturated rings. The van der Waals surface area contributed by atoms with Crippen molar-refractivity contribution in [1.82, 2.24) is 10.2 Å². The van der Waals surface area contributed by atoms with Crippen molar-refractivity contribution in [3.05, 3.63) is 35.4 Å². The maximum absolute atomic E-state index is 11.9. The average molecular weight is 234 g/mol. The zero-order chi connectivity index (χ0) is 12.8. The fourth-order valence-corrected chi connectivity index (χ4v) is 1.58. The first-order valence-corrected chi connectivity index (χ1v) is 5.59. The number of hydrogen-bond donors (Lipinski definition) is 1. The number of benzene rings is 1. The molecule has 2 amide bonds. The van der Waals surface area contributed by atoms with E-state index in [1.54, 1.807) is 14.1 Å². The van der Waals surface area contributed by atoms with Crippen LogP contribution in [-0.4, -0.2) is 31.3 Å². The second-order valence-corrected chi connectivity index (χ2v) is 4.05. The summed E-state index contributed by atoms with van der Waals surface area (Å²) in [4.78, 5) is 23.9. The lowest BCUT2D eigenvalue weighted by molar-refractivity contribution is -0.132. The summed E-state index contributed by atoms with van der Waals surface area (Å²) in [5.74, 6) is -0.138. The van der Waals surface area contributed by atoms with Crippen molar-refractivity contribution in [2.24, 2.45) is 0 Å². The quantitative estimate of drug-likeness (QED) is 0.776. The van der Waals surface area contributed by atoms with Gasteiger partial charge in [-0.05, 0) is 17.5 Å². The van der Waals surface area contributed by atoms with E-state index in [9.17, 15) is 9.59 Å². The maximum atomic E-state index is 11.9.